The highest BCUT2D eigenvalue weighted by atomic mass is 30.4. The topological polar surface area (TPSA) is 46.2 Å². The van der Waals surface area contributed by atoms with Gasteiger partial charge in [-0.1, -0.05) is 31.4 Å². The molecule has 0 aliphatic carbocycles. The van der Waals surface area contributed by atoms with E-state index in [1.807, 2.05) is 13.0 Å². The van der Waals surface area contributed by atoms with E-state index in [1.165, 1.54) is 34.8 Å². The highest BCUT2D eigenvalue weighted by Gasteiger charge is 2.67. The Bertz CT molecular complexity index is 881. The number of benzene rings is 1. The van der Waals surface area contributed by atoms with Crippen LogP contribution in [0.15, 0.2) is 12.1 Å². The highest BCUT2D eigenvalue weighted by Crippen LogP contribution is 2.36. The lowest BCUT2D eigenvalue weighted by Gasteiger charge is -2.50. The van der Waals surface area contributed by atoms with Crippen LogP contribution in [0.2, 0.25) is 6.04 Å². The molecule has 168 valence electrons. The van der Waals surface area contributed by atoms with E-state index in [9.17, 15) is 0 Å². The quantitative estimate of drug-likeness (QED) is 0.197. The summed E-state index contributed by atoms with van der Waals surface area (Å²) in [6.07, 6.45) is 23.8. The monoisotopic (exact) mass is 570 g/mol. The summed E-state index contributed by atoms with van der Waals surface area (Å²) in [4.78, 5) is 0. The largest absolute Gasteiger partial charge is 0.514 e. The number of methoxy groups -OCH3 is 2. The molecular formula is C17H34O5Si9. The minimum Gasteiger partial charge on any atom is -0.514 e. The van der Waals surface area contributed by atoms with Crippen molar-refractivity contribution in [3.63, 3.8) is 0 Å². The number of rotatable bonds is 11. The number of ether oxygens (including phenoxy) is 2. The molecule has 0 heterocycles. The van der Waals surface area contributed by atoms with E-state index in [1.54, 1.807) is 14.2 Å². The Kier molecular flexibility index (Phi) is 10.5. The average Bonchev–Trinajstić information content (AvgIpc) is 2.67. The summed E-state index contributed by atoms with van der Waals surface area (Å²) < 4.78 is 29.4. The smallest absolute Gasteiger partial charge is 0.432 e. The molecule has 0 aliphatic rings. The molecule has 0 N–H and O–H groups in total. The second-order valence-corrected chi connectivity index (χ2v) is 116. The molecule has 0 fully saturated rings. The van der Waals surface area contributed by atoms with Gasteiger partial charge in [0.1, 0.15) is 11.5 Å². The van der Waals surface area contributed by atoms with Crippen LogP contribution in [0.1, 0.15) is 11.1 Å². The maximum atomic E-state index is 6.24. The van der Waals surface area contributed by atoms with Crippen molar-refractivity contribution in [3.05, 3.63) is 23.3 Å². The van der Waals surface area contributed by atoms with Gasteiger partial charge >= 0.3 is 8.80 Å². The van der Waals surface area contributed by atoms with E-state index in [4.69, 9.17) is 42.0 Å². The van der Waals surface area contributed by atoms with Crippen LogP contribution in [0.5, 0.6) is 11.5 Å². The van der Waals surface area contributed by atoms with E-state index >= 15 is 0 Å². The van der Waals surface area contributed by atoms with Gasteiger partial charge in [-0.3, -0.25) is 0 Å². The molecule has 1 aromatic rings. The molecule has 0 spiro atoms. The van der Waals surface area contributed by atoms with Crippen LogP contribution in [0.25, 0.3) is 0 Å². The van der Waals surface area contributed by atoms with E-state index in [2.05, 4.69) is 24.4 Å². The third-order valence-corrected chi connectivity index (χ3v) is 155. The lowest BCUT2D eigenvalue weighted by atomic mass is 10.1. The van der Waals surface area contributed by atoms with Gasteiger partial charge in [-0.05, 0) is 54.3 Å². The minimum absolute atomic E-state index is 0.824. The van der Waals surface area contributed by atoms with E-state index < -0.39 is 28.4 Å². The molecule has 0 aromatic heterocycles. The Labute approximate surface area is 205 Å². The summed E-state index contributed by atoms with van der Waals surface area (Å²) in [7, 11) is 6.63. The first-order valence-electron chi connectivity index (χ1n) is 10.0. The molecule has 0 radical (unpaired) electrons. The predicted molar refractivity (Wildman–Crippen MR) is 157 cm³/mol. The maximum absolute atomic E-state index is 6.24. The summed E-state index contributed by atoms with van der Waals surface area (Å²) in [5.41, 5.74) is 2.18. The Balaban J connectivity index is 3.66. The normalized spacial score (nSPS) is 16.8. The van der Waals surface area contributed by atoms with Crippen LogP contribution in [0.3, 0.4) is 0 Å². The van der Waals surface area contributed by atoms with Gasteiger partial charge < -0.3 is 22.8 Å². The maximum Gasteiger partial charge on any atom is 0.432 e. The van der Waals surface area contributed by atoms with Crippen LogP contribution in [-0.2, 0) is 19.7 Å². The second kappa shape index (κ2) is 11.6. The summed E-state index contributed by atoms with van der Waals surface area (Å²) in [6, 6.07) is 5.14. The van der Waals surface area contributed by atoms with Gasteiger partial charge in [0.25, 0.3) is 0 Å². The van der Waals surface area contributed by atoms with Gasteiger partial charge in [0.2, 0.25) is 6.87 Å². The number of hydrogen-bond donors (Lipinski definition) is 0. The van der Waals surface area contributed by atoms with Crippen LogP contribution in [0, 0.1) is 44.5 Å². The van der Waals surface area contributed by atoms with Crippen LogP contribution >= 0.6 is 0 Å². The van der Waals surface area contributed by atoms with Crippen molar-refractivity contribution in [3.8, 4) is 49.1 Å². The van der Waals surface area contributed by atoms with Gasteiger partial charge in [0.15, 0.2) is 6.63 Å². The van der Waals surface area contributed by atoms with Gasteiger partial charge in [0.05, 0.1) is 32.5 Å². The average molecular weight is 571 g/mol. The molecule has 0 saturated heterocycles. The van der Waals surface area contributed by atoms with Crippen molar-refractivity contribution >= 4 is 77.2 Å². The number of terminal acetylenes is 3. The third kappa shape index (κ3) is 5.81. The fourth-order valence-corrected chi connectivity index (χ4v) is 274. The van der Waals surface area contributed by atoms with E-state index in [0.717, 1.165) is 49.0 Å². The molecular weight excluding hydrogens is 537 g/mol. The molecule has 14 heteroatoms. The Morgan fingerprint density at radius 2 is 1.52 bits per heavy atom. The van der Waals surface area contributed by atoms with Crippen molar-refractivity contribution in [2.45, 2.75) is 19.4 Å². The second-order valence-electron chi connectivity index (χ2n) is 8.84. The fourth-order valence-electron chi connectivity index (χ4n) is 4.69. The highest BCUT2D eigenvalue weighted by molar-refractivity contribution is 8.11. The number of hydrogen-bond acceptors (Lipinski definition) is 5. The zero-order valence-corrected chi connectivity index (χ0v) is 34.1. The molecule has 1 unspecified atom stereocenters. The summed E-state index contributed by atoms with van der Waals surface area (Å²) in [5, 5.41) is 0. The molecule has 0 bridgehead atoms. The predicted octanol–water partition coefficient (Wildman–Crippen LogP) is -5.01. The SMILES string of the molecule is C#CO[SiH](OC#C)[Si](CCc1ccc(OC)c(C)c1OC)([Si]([SiH3])([SiH3])[SiH3])[Si]([SiH3])([SiH3])OC#C. The summed E-state index contributed by atoms with van der Waals surface area (Å²) in [5.74, 6) is 1.70. The van der Waals surface area contributed by atoms with Gasteiger partial charge in [-0.2, -0.15) is 0 Å². The van der Waals surface area contributed by atoms with Crippen LogP contribution < -0.4 is 9.47 Å². The summed E-state index contributed by atoms with van der Waals surface area (Å²) in [6.45, 7) is -2.17. The molecule has 0 amide bonds. The van der Waals surface area contributed by atoms with Crippen LogP contribution in [0.4, 0.5) is 0 Å². The fraction of sp³-hybridized carbons (Fsp3) is 0.294. The molecule has 0 saturated carbocycles. The molecule has 5 nitrogen and oxygen atoms in total. The minimum atomic E-state index is -2.28. The number of aryl methyl sites for hydroxylation is 1. The first-order chi connectivity index (χ1) is 14.5. The molecule has 1 rings (SSSR count). The molecule has 1 aromatic carbocycles. The lowest BCUT2D eigenvalue weighted by molar-refractivity contribution is 0.385. The van der Waals surface area contributed by atoms with Crippen molar-refractivity contribution < 1.29 is 22.8 Å². The summed E-state index contributed by atoms with van der Waals surface area (Å²) >= 11 is 0. The van der Waals surface area contributed by atoms with Crippen molar-refractivity contribution in [2.24, 2.45) is 0 Å². The van der Waals surface area contributed by atoms with E-state index in [0.29, 0.717) is 0 Å². The zero-order chi connectivity index (χ0) is 23.9. The molecule has 1 atom stereocenters. The standard InChI is InChI=1S/C17H34O5Si9/c1-7-20-28(21-8-2)29(31(25,26)27,30(23,24)22-9-3)13-12-15-10-11-16(18-5)14(4)17(15)19-6/h1-3,10-11,28H,12-13H2,4-6,23-27H3. The Morgan fingerprint density at radius 1 is 0.935 bits per heavy atom. The van der Waals surface area contributed by atoms with Gasteiger partial charge in [-0.15, -0.1) is 0 Å². The molecule has 31 heavy (non-hydrogen) atoms. The molecule has 0 aliphatic heterocycles. The Morgan fingerprint density at radius 3 is 1.94 bits per heavy atom. The third-order valence-electron chi connectivity index (χ3n) is 6.13. The van der Waals surface area contributed by atoms with Crippen molar-refractivity contribution in [2.75, 3.05) is 14.2 Å². The van der Waals surface area contributed by atoms with Gasteiger partial charge in [-0.25, -0.2) is 0 Å². The first kappa shape index (κ1) is 27.9. The van der Waals surface area contributed by atoms with Gasteiger partial charge in [0, 0.05) is 31.2 Å². The van der Waals surface area contributed by atoms with Crippen molar-refractivity contribution in [1.82, 2.24) is 0 Å². The Hall–Kier alpha value is -1.15. The zero-order valence-electron chi connectivity index (χ0n) is 19.9. The van der Waals surface area contributed by atoms with Crippen LogP contribution in [-0.4, -0.2) is 91.5 Å². The first-order valence-corrected chi connectivity index (χ1v) is 38.4. The van der Waals surface area contributed by atoms with E-state index in [-0.39, 0.29) is 0 Å². The van der Waals surface area contributed by atoms with Crippen molar-refractivity contribution in [1.29, 1.82) is 0 Å². The lowest BCUT2D eigenvalue weighted by Crippen LogP contribution is -2.88.